The fourth-order valence-electron chi connectivity index (χ4n) is 2.79. The summed E-state index contributed by atoms with van der Waals surface area (Å²) in [6, 6.07) is 20.8. The molecule has 0 aromatic heterocycles. The SMILES string of the molecule is Cc1c(NN=C(c2ccccc2)c2ccccc2)cc(OC(N)=O)c(C)c1F. The van der Waals surface area contributed by atoms with Crippen LogP contribution >= 0.6 is 0 Å². The minimum atomic E-state index is -1.00. The van der Waals surface area contributed by atoms with Crippen molar-refractivity contribution in [3.63, 3.8) is 0 Å². The highest BCUT2D eigenvalue weighted by Gasteiger charge is 2.15. The van der Waals surface area contributed by atoms with E-state index in [-0.39, 0.29) is 11.3 Å². The second-order valence-corrected chi connectivity index (χ2v) is 6.21. The molecule has 3 aromatic carbocycles. The number of hydrogen-bond acceptors (Lipinski definition) is 4. The zero-order chi connectivity index (χ0) is 20.1. The molecule has 0 heterocycles. The molecule has 0 fully saturated rings. The van der Waals surface area contributed by atoms with Crippen LogP contribution in [0.2, 0.25) is 0 Å². The maximum absolute atomic E-state index is 14.6. The van der Waals surface area contributed by atoms with Crippen LogP contribution in [0, 0.1) is 19.7 Å². The maximum atomic E-state index is 14.6. The number of nitrogens with zero attached hydrogens (tertiary/aromatic N) is 1. The van der Waals surface area contributed by atoms with E-state index < -0.39 is 11.9 Å². The van der Waals surface area contributed by atoms with Gasteiger partial charge in [0.25, 0.3) is 0 Å². The van der Waals surface area contributed by atoms with Crippen molar-refractivity contribution in [2.24, 2.45) is 10.8 Å². The Labute approximate surface area is 162 Å². The Morgan fingerprint density at radius 3 is 2.00 bits per heavy atom. The zero-order valence-electron chi connectivity index (χ0n) is 15.6. The quantitative estimate of drug-likeness (QED) is 0.497. The molecular formula is C22H20FN3O2. The van der Waals surface area contributed by atoms with Gasteiger partial charge < -0.3 is 10.5 Å². The summed E-state index contributed by atoms with van der Waals surface area (Å²) >= 11 is 0. The molecule has 0 aliphatic rings. The Morgan fingerprint density at radius 1 is 0.964 bits per heavy atom. The van der Waals surface area contributed by atoms with Gasteiger partial charge in [-0.3, -0.25) is 5.43 Å². The predicted molar refractivity (Wildman–Crippen MR) is 108 cm³/mol. The molecule has 0 unspecified atom stereocenters. The van der Waals surface area contributed by atoms with Crippen LogP contribution in [-0.2, 0) is 0 Å². The van der Waals surface area contributed by atoms with Gasteiger partial charge >= 0.3 is 6.09 Å². The Morgan fingerprint density at radius 2 is 1.50 bits per heavy atom. The van der Waals surface area contributed by atoms with Crippen LogP contribution in [0.1, 0.15) is 22.3 Å². The number of primary amides is 1. The first-order valence-electron chi connectivity index (χ1n) is 8.69. The molecule has 0 saturated carbocycles. The predicted octanol–water partition coefficient (Wildman–Crippen LogP) is 4.76. The molecule has 1 amide bonds. The van der Waals surface area contributed by atoms with Gasteiger partial charge in [0, 0.05) is 28.3 Å². The lowest BCUT2D eigenvalue weighted by molar-refractivity contribution is 0.210. The fraction of sp³-hybridized carbons (Fsp3) is 0.0909. The first-order chi connectivity index (χ1) is 13.5. The number of nitrogens with one attached hydrogen (secondary N) is 1. The molecule has 3 rings (SSSR count). The summed E-state index contributed by atoms with van der Waals surface area (Å²) in [4.78, 5) is 11.1. The van der Waals surface area contributed by atoms with Crippen LogP contribution in [0.3, 0.4) is 0 Å². The van der Waals surface area contributed by atoms with Gasteiger partial charge in [-0.2, -0.15) is 5.10 Å². The molecule has 0 aliphatic carbocycles. The van der Waals surface area contributed by atoms with Crippen molar-refractivity contribution in [2.75, 3.05) is 5.43 Å². The van der Waals surface area contributed by atoms with Crippen molar-refractivity contribution in [1.29, 1.82) is 0 Å². The molecule has 3 aromatic rings. The Hall–Kier alpha value is -3.67. The van der Waals surface area contributed by atoms with Crippen LogP contribution in [0.4, 0.5) is 14.9 Å². The molecule has 0 bridgehead atoms. The molecule has 0 spiro atoms. The summed E-state index contributed by atoms with van der Waals surface area (Å²) in [5.74, 6) is -0.438. The zero-order valence-corrected chi connectivity index (χ0v) is 15.6. The van der Waals surface area contributed by atoms with Gasteiger partial charge in [0.15, 0.2) is 0 Å². The number of anilines is 1. The molecule has 0 radical (unpaired) electrons. The van der Waals surface area contributed by atoms with Crippen LogP contribution in [0.25, 0.3) is 0 Å². The van der Waals surface area contributed by atoms with Crippen LogP contribution in [0.15, 0.2) is 71.8 Å². The minimum absolute atomic E-state index is 0.0503. The number of rotatable bonds is 5. The van der Waals surface area contributed by atoms with Crippen molar-refractivity contribution >= 4 is 17.5 Å². The topological polar surface area (TPSA) is 76.7 Å². The first kappa shape index (κ1) is 19.1. The Balaban J connectivity index is 2.04. The largest absolute Gasteiger partial charge is 0.410 e. The second-order valence-electron chi connectivity index (χ2n) is 6.21. The lowest BCUT2D eigenvalue weighted by Crippen LogP contribution is -2.17. The van der Waals surface area contributed by atoms with Gasteiger partial charge in [-0.05, 0) is 13.8 Å². The number of carbonyl (C=O) groups is 1. The highest BCUT2D eigenvalue weighted by Crippen LogP contribution is 2.30. The maximum Gasteiger partial charge on any atom is 0.409 e. The fourth-order valence-corrected chi connectivity index (χ4v) is 2.79. The van der Waals surface area contributed by atoms with Gasteiger partial charge in [-0.1, -0.05) is 60.7 Å². The van der Waals surface area contributed by atoms with Gasteiger partial charge in [0.05, 0.1) is 11.4 Å². The third-order valence-electron chi connectivity index (χ3n) is 4.30. The molecular weight excluding hydrogens is 357 g/mol. The summed E-state index contributed by atoms with van der Waals surface area (Å²) in [5.41, 5.74) is 11.4. The van der Waals surface area contributed by atoms with Gasteiger partial charge in [-0.15, -0.1) is 0 Å². The van der Waals surface area contributed by atoms with E-state index >= 15 is 0 Å². The number of carbonyl (C=O) groups excluding carboxylic acids is 1. The molecule has 0 aliphatic heterocycles. The average Bonchev–Trinajstić information content (AvgIpc) is 2.71. The van der Waals surface area contributed by atoms with E-state index in [9.17, 15) is 9.18 Å². The minimum Gasteiger partial charge on any atom is -0.410 e. The van der Waals surface area contributed by atoms with E-state index in [4.69, 9.17) is 10.5 Å². The van der Waals surface area contributed by atoms with Gasteiger partial charge in [0.2, 0.25) is 0 Å². The smallest absolute Gasteiger partial charge is 0.409 e. The molecule has 3 N–H and O–H groups in total. The van der Waals surface area contributed by atoms with E-state index in [0.29, 0.717) is 17.0 Å². The molecule has 0 saturated heterocycles. The normalized spacial score (nSPS) is 10.2. The summed E-state index contributed by atoms with van der Waals surface area (Å²) in [7, 11) is 0. The third-order valence-corrected chi connectivity index (χ3v) is 4.30. The summed E-state index contributed by atoms with van der Waals surface area (Å²) in [6.45, 7) is 3.14. The highest BCUT2D eigenvalue weighted by molar-refractivity contribution is 6.13. The van der Waals surface area contributed by atoms with Crippen LogP contribution in [-0.4, -0.2) is 11.8 Å². The third kappa shape index (κ3) is 4.17. The van der Waals surface area contributed by atoms with E-state index in [1.54, 1.807) is 6.92 Å². The highest BCUT2D eigenvalue weighted by atomic mass is 19.1. The molecule has 142 valence electrons. The van der Waals surface area contributed by atoms with Gasteiger partial charge in [0.1, 0.15) is 11.6 Å². The number of halogens is 1. The number of nitrogens with two attached hydrogens (primary N) is 1. The Bertz CT molecular complexity index is 977. The van der Waals surface area contributed by atoms with Gasteiger partial charge in [-0.25, -0.2) is 9.18 Å². The lowest BCUT2D eigenvalue weighted by atomic mass is 10.0. The molecule has 6 heteroatoms. The van der Waals surface area contributed by atoms with Crippen LogP contribution < -0.4 is 15.9 Å². The van der Waals surface area contributed by atoms with Crippen molar-refractivity contribution < 1.29 is 13.9 Å². The van der Waals surface area contributed by atoms with Crippen molar-refractivity contribution in [1.82, 2.24) is 0 Å². The first-order valence-corrected chi connectivity index (χ1v) is 8.69. The van der Waals surface area contributed by atoms with E-state index in [2.05, 4.69) is 10.5 Å². The lowest BCUT2D eigenvalue weighted by Gasteiger charge is -2.14. The Kier molecular flexibility index (Phi) is 5.69. The number of benzene rings is 3. The van der Waals surface area contributed by atoms with Crippen molar-refractivity contribution in [3.8, 4) is 5.75 Å². The van der Waals surface area contributed by atoms with Crippen molar-refractivity contribution in [2.45, 2.75) is 13.8 Å². The second kappa shape index (κ2) is 8.35. The molecule has 0 atom stereocenters. The average molecular weight is 377 g/mol. The molecule has 28 heavy (non-hydrogen) atoms. The standard InChI is InChI=1S/C22H20FN3O2/c1-14-18(13-19(28-22(24)27)15(2)20(14)23)25-26-21(16-9-5-3-6-10-16)17-11-7-4-8-12-17/h3-13,25H,1-2H3,(H2,24,27). The van der Waals surface area contributed by atoms with Crippen LogP contribution in [0.5, 0.6) is 5.75 Å². The van der Waals surface area contributed by atoms with E-state index in [1.807, 2.05) is 60.7 Å². The number of ether oxygens (including phenoxy) is 1. The number of hydrogen-bond donors (Lipinski definition) is 2. The summed E-state index contributed by atoms with van der Waals surface area (Å²) < 4.78 is 19.5. The number of amides is 1. The summed E-state index contributed by atoms with van der Waals surface area (Å²) in [5, 5.41) is 4.51. The molecule has 5 nitrogen and oxygen atoms in total. The monoisotopic (exact) mass is 377 g/mol. The summed E-state index contributed by atoms with van der Waals surface area (Å²) in [6.07, 6.45) is -1.00. The van der Waals surface area contributed by atoms with E-state index in [0.717, 1.165) is 11.1 Å². The van der Waals surface area contributed by atoms with E-state index in [1.165, 1.54) is 13.0 Å². The number of hydrazone groups is 1. The van der Waals surface area contributed by atoms with Crippen molar-refractivity contribution in [3.05, 3.63) is 94.8 Å².